The number of benzene rings is 2. The average Bonchev–Trinajstić information content (AvgIpc) is 1.61. The summed E-state index contributed by atoms with van der Waals surface area (Å²) in [6, 6.07) is 7.57. The number of aromatic carboxylic acids is 1. The van der Waals surface area contributed by atoms with E-state index in [1.54, 1.807) is 13.2 Å². The normalized spacial score (nSPS) is 16.5. The van der Waals surface area contributed by atoms with Gasteiger partial charge in [-0.3, -0.25) is 33.7 Å². The van der Waals surface area contributed by atoms with E-state index in [4.69, 9.17) is 81.8 Å². The van der Waals surface area contributed by atoms with Crippen molar-refractivity contribution in [3.05, 3.63) is 65.5 Å². The lowest BCUT2D eigenvalue weighted by Gasteiger charge is -2.39. The van der Waals surface area contributed by atoms with Gasteiger partial charge < -0.3 is 133 Å². The summed E-state index contributed by atoms with van der Waals surface area (Å²) in [6.45, 7) is 10.6. The van der Waals surface area contributed by atoms with Crippen LogP contribution in [0, 0.1) is 0 Å². The number of carboxylic acid groups (broad SMARTS) is 1. The van der Waals surface area contributed by atoms with E-state index in [0.29, 0.717) is 185 Å². The molecule has 7 amide bonds. The quantitative estimate of drug-likeness (QED) is 0.0206. The van der Waals surface area contributed by atoms with E-state index in [2.05, 4.69) is 31.6 Å². The van der Waals surface area contributed by atoms with Gasteiger partial charge in [-0.15, -0.1) is 0 Å². The Morgan fingerprint density at radius 1 is 0.595 bits per heavy atom. The maximum absolute atomic E-state index is 13.8. The average molecular weight is 1580 g/mol. The number of nitrogens with two attached hydrogens (primary N) is 1. The van der Waals surface area contributed by atoms with Gasteiger partial charge in [0.1, 0.15) is 54.2 Å². The zero-order valence-electron chi connectivity index (χ0n) is 63.2. The molecule has 6 atom stereocenters. The number of alkyl carbamates (subject to hydrolysis) is 1. The fourth-order valence-electron chi connectivity index (χ4n) is 10.9. The summed E-state index contributed by atoms with van der Waals surface area (Å²) >= 11 is 0. The number of aromatic nitrogens is 3. The van der Waals surface area contributed by atoms with Crippen molar-refractivity contribution in [2.75, 3.05) is 203 Å². The van der Waals surface area contributed by atoms with Gasteiger partial charge >= 0.3 is 12.1 Å². The van der Waals surface area contributed by atoms with Crippen LogP contribution in [-0.2, 0) is 115 Å². The maximum Gasteiger partial charge on any atom is 0.407 e. The van der Waals surface area contributed by atoms with Crippen molar-refractivity contribution in [1.29, 1.82) is 0 Å². The molecule has 111 heavy (non-hydrogen) atoms. The second-order valence-electron chi connectivity index (χ2n) is 25.1. The predicted molar refractivity (Wildman–Crippen MR) is 395 cm³/mol. The summed E-state index contributed by atoms with van der Waals surface area (Å²) in [5, 5.41) is 65.3. The number of ether oxygens (including phenoxy) is 15. The Morgan fingerprint density at radius 3 is 1.71 bits per heavy atom. The third-order valence-electron chi connectivity index (χ3n) is 16.8. The fraction of sp³-hybridized carbons (Fsp3) is 0.644. The number of fused-ring (bicyclic) bond motifs is 3. The largest absolute Gasteiger partial charge is 0.478 e. The molecule has 6 rings (SSSR count). The van der Waals surface area contributed by atoms with Gasteiger partial charge in [-0.2, -0.15) is 0 Å². The Bertz CT molecular complexity index is 3480. The molecule has 2 aromatic heterocycles. The molecule has 0 bridgehead atoms. The number of imide groups is 1. The van der Waals surface area contributed by atoms with E-state index in [0.717, 1.165) is 29.9 Å². The van der Waals surface area contributed by atoms with Crippen LogP contribution in [-0.4, -0.2) is 321 Å². The number of hydrogen-bond donors (Lipinski definition) is 11. The number of anilines is 2. The van der Waals surface area contributed by atoms with Gasteiger partial charge in [0, 0.05) is 83.1 Å². The molecule has 38 nitrogen and oxygen atoms in total. The number of nitrogens with zero attached hydrogens (tertiary/aromatic N) is 4. The SMILES string of the molecule is CCCCc1nc2c(N)nc3cc(C(=O)O)ccc3c2n1CCNC(=O)OCc1ccc(O[C@H]2O[C@H](CO)[C@@H](O)[C@H](O)[C@@H]2O)c(NC(=O)CCNC(=O)[C@H](CCCCNC(=O)CCOCCOCCOCCOCCOCCOCCOCCOCCOCCOCCOCCOC)NC(=O)CCN2C(=O)C=CC2=O)c1. The van der Waals surface area contributed by atoms with Crippen LogP contribution in [0.1, 0.15) is 80.0 Å². The predicted octanol–water partition coefficient (Wildman–Crippen LogP) is 0.0629. The Labute approximate surface area is 643 Å². The number of carboxylic acids is 1. The van der Waals surface area contributed by atoms with E-state index in [1.807, 2.05) is 11.5 Å². The molecular formula is C73H110N10O28. The lowest BCUT2D eigenvalue weighted by atomic mass is 9.99. The number of nitrogen functional groups attached to an aromatic ring is 1. The van der Waals surface area contributed by atoms with Crippen LogP contribution in [0.3, 0.4) is 0 Å². The fourth-order valence-corrected chi connectivity index (χ4v) is 10.9. The summed E-state index contributed by atoms with van der Waals surface area (Å²) in [7, 11) is 1.63. The molecule has 2 aliphatic heterocycles. The Balaban J connectivity index is 0.852. The minimum Gasteiger partial charge on any atom is -0.478 e. The number of unbranched alkanes of at least 4 members (excludes halogenated alkanes) is 2. The Morgan fingerprint density at radius 2 is 1.16 bits per heavy atom. The number of carbonyl (C=O) groups is 8. The smallest absolute Gasteiger partial charge is 0.407 e. The number of rotatable bonds is 62. The van der Waals surface area contributed by atoms with E-state index in [1.165, 1.54) is 30.3 Å². The molecule has 0 saturated carbocycles. The number of hydrogen-bond acceptors (Lipinski definition) is 30. The minimum atomic E-state index is -1.84. The Kier molecular flexibility index (Phi) is 44.3. The second kappa shape index (κ2) is 53.6. The highest BCUT2D eigenvalue weighted by molar-refractivity contribution is 6.13. The highest BCUT2D eigenvalue weighted by Gasteiger charge is 2.45. The summed E-state index contributed by atoms with van der Waals surface area (Å²) in [6.07, 6.45) is -4.63. The lowest BCUT2D eigenvalue weighted by molar-refractivity contribution is -0.277. The number of amides is 7. The van der Waals surface area contributed by atoms with E-state index >= 15 is 0 Å². The molecular weight excluding hydrogens is 1460 g/mol. The lowest BCUT2D eigenvalue weighted by Crippen LogP contribution is -2.60. The van der Waals surface area contributed by atoms with Crippen molar-refractivity contribution < 1.29 is 135 Å². The van der Waals surface area contributed by atoms with Gasteiger partial charge in [0.15, 0.2) is 5.82 Å². The monoisotopic (exact) mass is 1570 g/mol. The van der Waals surface area contributed by atoms with Crippen molar-refractivity contribution in [1.82, 2.24) is 40.7 Å². The first-order valence-corrected chi connectivity index (χ1v) is 37.3. The van der Waals surface area contributed by atoms with Crippen LogP contribution in [0.15, 0.2) is 48.6 Å². The molecule has 1 fully saturated rings. The third kappa shape index (κ3) is 34.3. The summed E-state index contributed by atoms with van der Waals surface area (Å²) in [5.74, 6) is -3.96. The molecule has 2 aliphatic rings. The molecule has 4 aromatic rings. The van der Waals surface area contributed by atoms with Crippen molar-refractivity contribution in [3.8, 4) is 5.75 Å². The van der Waals surface area contributed by atoms with Gasteiger partial charge in [-0.25, -0.2) is 19.6 Å². The number of carbonyl (C=O) groups excluding carboxylic acids is 7. The summed E-state index contributed by atoms with van der Waals surface area (Å²) in [5.41, 5.74) is 8.02. The number of aryl methyl sites for hydroxylation is 1. The minimum absolute atomic E-state index is 0.0251. The number of nitrogens with one attached hydrogen (secondary N) is 5. The van der Waals surface area contributed by atoms with Gasteiger partial charge in [-0.05, 0) is 61.6 Å². The number of aliphatic hydroxyl groups excluding tert-OH is 4. The number of methoxy groups -OCH3 is 1. The molecule has 38 heteroatoms. The van der Waals surface area contributed by atoms with Gasteiger partial charge in [-0.1, -0.05) is 19.4 Å². The molecule has 4 heterocycles. The standard InChI is InChI=1S/C73H110N10O28/c1-3-4-8-58-81-64-65(52-11-10-51(71(94)95)47-54(52)80-69(64)74)82(58)22-20-77-73(96)109-49-50-9-12-56(110-72-68(92)67(91)66(90)57(48-84)111-72)55(46-50)79-60(86)15-19-76-70(93)53(78-61(87)16-21-83-62(88)13-14-63(83)89)7-5-6-18-75-59(85)17-23-98-26-27-100-30-31-102-34-35-104-38-39-106-42-43-108-45-44-107-41-40-105-37-36-103-33-32-101-29-28-99-25-24-97-2/h9-14,46-47,53,57,66-68,72,84,90-92H,3-8,15-45,48-49H2,1-2H3,(H2,74,80)(H,75,85)(H,76,93)(H,77,96)(H,78,87)(H,79,86)(H,94,95)/t53-,57+,66+,67-,68-,72-/m0/s1. The van der Waals surface area contributed by atoms with Gasteiger partial charge in [0.25, 0.3) is 11.8 Å². The number of pyridine rings is 1. The van der Waals surface area contributed by atoms with Crippen LogP contribution < -0.4 is 37.1 Å². The molecule has 0 radical (unpaired) electrons. The molecule has 12 N–H and O–H groups in total. The third-order valence-corrected chi connectivity index (χ3v) is 16.8. The molecule has 620 valence electrons. The number of imidazole rings is 1. The van der Waals surface area contributed by atoms with Crippen LogP contribution in [0.5, 0.6) is 5.75 Å². The van der Waals surface area contributed by atoms with Gasteiger partial charge in [0.2, 0.25) is 29.9 Å². The molecule has 0 spiro atoms. The zero-order chi connectivity index (χ0) is 79.8. The highest BCUT2D eigenvalue weighted by atomic mass is 16.7. The van der Waals surface area contributed by atoms with Crippen LogP contribution >= 0.6 is 0 Å². The first-order chi connectivity index (χ1) is 53.9. The van der Waals surface area contributed by atoms with Crippen molar-refractivity contribution in [2.45, 2.75) is 115 Å². The summed E-state index contributed by atoms with van der Waals surface area (Å²) < 4.78 is 84.2. The zero-order valence-corrected chi connectivity index (χ0v) is 63.2. The molecule has 1 saturated heterocycles. The molecule has 0 aliphatic carbocycles. The summed E-state index contributed by atoms with van der Waals surface area (Å²) in [4.78, 5) is 113. The first-order valence-electron chi connectivity index (χ1n) is 37.3. The molecule has 2 aromatic carbocycles. The van der Waals surface area contributed by atoms with Crippen LogP contribution in [0.4, 0.5) is 16.3 Å². The second-order valence-corrected chi connectivity index (χ2v) is 25.1. The van der Waals surface area contributed by atoms with E-state index in [9.17, 15) is 63.9 Å². The highest BCUT2D eigenvalue weighted by Crippen LogP contribution is 2.33. The topological polar surface area (TPSA) is 496 Å². The van der Waals surface area contributed by atoms with Crippen molar-refractivity contribution >= 4 is 80.9 Å². The maximum atomic E-state index is 13.8. The number of aliphatic hydroxyl groups is 4. The van der Waals surface area contributed by atoms with Crippen LogP contribution in [0.25, 0.3) is 21.9 Å². The van der Waals surface area contributed by atoms with Crippen molar-refractivity contribution in [3.63, 3.8) is 0 Å². The van der Waals surface area contributed by atoms with E-state index < -0.39 is 85.0 Å². The molecule has 0 unspecified atom stereocenters. The first kappa shape index (κ1) is 91.6. The van der Waals surface area contributed by atoms with Gasteiger partial charge in [0.05, 0.1) is 181 Å². The van der Waals surface area contributed by atoms with Crippen molar-refractivity contribution in [2.24, 2.45) is 0 Å². The van der Waals surface area contributed by atoms with E-state index in [-0.39, 0.29) is 114 Å². The van der Waals surface area contributed by atoms with Crippen LogP contribution in [0.2, 0.25) is 0 Å². The Hall–Kier alpha value is -8.26.